The highest BCUT2D eigenvalue weighted by molar-refractivity contribution is 6.60. The molecule has 0 fully saturated rings. The van der Waals surface area contributed by atoms with Crippen molar-refractivity contribution in [1.82, 2.24) is 9.97 Å². The van der Waals surface area contributed by atoms with Crippen LogP contribution in [0.15, 0.2) is 41.2 Å². The van der Waals surface area contributed by atoms with E-state index in [0.29, 0.717) is 34.6 Å². The van der Waals surface area contributed by atoms with Crippen molar-refractivity contribution < 1.29 is 14.8 Å². The lowest BCUT2D eigenvalue weighted by Gasteiger charge is -2.17. The van der Waals surface area contributed by atoms with Gasteiger partial charge >= 0.3 is 7.12 Å². The molecular weight excluding hydrogens is 331 g/mol. The quantitative estimate of drug-likeness (QED) is 0.464. The average Bonchev–Trinajstić information content (AvgIpc) is 2.62. The fourth-order valence-electron chi connectivity index (χ4n) is 2.86. The van der Waals surface area contributed by atoms with E-state index in [0.717, 1.165) is 18.4 Å². The molecule has 0 amide bonds. The summed E-state index contributed by atoms with van der Waals surface area (Å²) in [6.07, 6.45) is 1.78. The van der Waals surface area contributed by atoms with Crippen LogP contribution in [0.3, 0.4) is 0 Å². The number of nitrogens with zero attached hydrogens (tertiary/aromatic N) is 1. The highest BCUT2D eigenvalue weighted by atomic mass is 16.5. The molecule has 0 aliphatic heterocycles. The second-order valence-electron chi connectivity index (χ2n) is 6.24. The first-order chi connectivity index (χ1) is 12.5. The van der Waals surface area contributed by atoms with Crippen LogP contribution in [0.4, 0.5) is 0 Å². The number of rotatable bonds is 6. The van der Waals surface area contributed by atoms with Gasteiger partial charge < -0.3 is 19.8 Å². The zero-order valence-electron chi connectivity index (χ0n) is 14.8. The van der Waals surface area contributed by atoms with Gasteiger partial charge in [0.15, 0.2) is 0 Å². The Bertz CT molecular complexity index is 985. The molecule has 6 nitrogen and oxygen atoms in total. The Balaban J connectivity index is 2.21. The van der Waals surface area contributed by atoms with Crippen molar-refractivity contribution in [3.8, 4) is 17.1 Å². The van der Waals surface area contributed by atoms with E-state index in [4.69, 9.17) is 4.74 Å². The number of para-hydroxylation sites is 1. The van der Waals surface area contributed by atoms with E-state index in [9.17, 15) is 14.8 Å². The number of benzene rings is 2. The first-order valence-corrected chi connectivity index (χ1v) is 8.64. The minimum Gasteiger partial charge on any atom is -0.493 e. The lowest BCUT2D eigenvalue weighted by molar-refractivity contribution is 0.311. The maximum absolute atomic E-state index is 12.4. The smallest absolute Gasteiger partial charge is 0.492 e. The maximum Gasteiger partial charge on any atom is 0.492 e. The summed E-state index contributed by atoms with van der Waals surface area (Å²) in [5.74, 6) is 0.670. The third kappa shape index (κ3) is 3.64. The molecule has 0 saturated carbocycles. The molecule has 3 aromatic rings. The van der Waals surface area contributed by atoms with Crippen LogP contribution < -0.4 is 15.8 Å². The van der Waals surface area contributed by atoms with Crippen molar-refractivity contribution in [2.45, 2.75) is 26.7 Å². The number of nitrogens with one attached hydrogen (secondary N) is 1. The Morgan fingerprint density at radius 1 is 1.23 bits per heavy atom. The first-order valence-electron chi connectivity index (χ1n) is 8.64. The van der Waals surface area contributed by atoms with Crippen molar-refractivity contribution in [3.05, 3.63) is 52.3 Å². The van der Waals surface area contributed by atoms with Crippen LogP contribution in [0.5, 0.6) is 5.75 Å². The Morgan fingerprint density at radius 3 is 2.73 bits per heavy atom. The molecule has 0 bridgehead atoms. The van der Waals surface area contributed by atoms with Crippen LogP contribution in [0.2, 0.25) is 0 Å². The summed E-state index contributed by atoms with van der Waals surface area (Å²) < 4.78 is 5.85. The molecule has 3 N–H and O–H groups in total. The molecular formula is C19H21BN2O4. The summed E-state index contributed by atoms with van der Waals surface area (Å²) in [6, 6.07) is 10.6. The Kier molecular flexibility index (Phi) is 5.39. The zero-order chi connectivity index (χ0) is 18.7. The van der Waals surface area contributed by atoms with Gasteiger partial charge in [-0.05, 0) is 31.5 Å². The van der Waals surface area contributed by atoms with Crippen molar-refractivity contribution in [2.75, 3.05) is 6.61 Å². The molecule has 1 heterocycles. The predicted molar refractivity (Wildman–Crippen MR) is 103 cm³/mol. The standard InChI is InChI=1S/C19H21BN2O4/c1-3-4-9-26-17-14(10-12(2)11-15(17)20(24)25)18-21-16-8-6-5-7-13(16)19(23)22-18/h5-8,10-11,24-25H,3-4,9H2,1-2H3,(H,21,22,23). The van der Waals surface area contributed by atoms with Gasteiger partial charge in [0, 0.05) is 5.46 Å². The molecule has 0 saturated heterocycles. The number of unbranched alkanes of at least 4 members (excludes halogenated alkanes) is 1. The van der Waals surface area contributed by atoms with Crippen LogP contribution >= 0.6 is 0 Å². The van der Waals surface area contributed by atoms with Gasteiger partial charge in [0.25, 0.3) is 5.56 Å². The third-order valence-electron chi connectivity index (χ3n) is 4.15. The van der Waals surface area contributed by atoms with Gasteiger partial charge in [-0.3, -0.25) is 4.79 Å². The van der Waals surface area contributed by atoms with Crippen molar-refractivity contribution in [1.29, 1.82) is 0 Å². The average molecular weight is 352 g/mol. The van der Waals surface area contributed by atoms with Crippen LogP contribution in [0.1, 0.15) is 25.3 Å². The lowest BCUT2D eigenvalue weighted by Crippen LogP contribution is -2.32. The van der Waals surface area contributed by atoms with Crippen LogP contribution in [0, 0.1) is 6.92 Å². The van der Waals surface area contributed by atoms with Gasteiger partial charge in [0.05, 0.1) is 23.1 Å². The molecule has 0 unspecified atom stereocenters. The van der Waals surface area contributed by atoms with Gasteiger partial charge in [-0.25, -0.2) is 4.98 Å². The van der Waals surface area contributed by atoms with Crippen molar-refractivity contribution in [3.63, 3.8) is 0 Å². The maximum atomic E-state index is 12.4. The number of aromatic nitrogens is 2. The number of ether oxygens (including phenoxy) is 1. The highest BCUT2D eigenvalue weighted by Gasteiger charge is 2.23. The summed E-state index contributed by atoms with van der Waals surface area (Å²) >= 11 is 0. The highest BCUT2D eigenvalue weighted by Crippen LogP contribution is 2.28. The topological polar surface area (TPSA) is 95.4 Å². The SMILES string of the molecule is CCCCOc1c(B(O)O)cc(C)cc1-c1nc2ccccc2c(=O)[nH]1. The molecule has 2 aromatic carbocycles. The predicted octanol–water partition coefficient (Wildman–Crippen LogP) is 1.76. The van der Waals surface area contributed by atoms with Gasteiger partial charge in [0.1, 0.15) is 11.6 Å². The van der Waals surface area contributed by atoms with E-state index in [2.05, 4.69) is 9.97 Å². The third-order valence-corrected chi connectivity index (χ3v) is 4.15. The fourth-order valence-corrected chi connectivity index (χ4v) is 2.86. The Hall–Kier alpha value is -2.64. The first kappa shape index (κ1) is 18.2. The molecule has 0 aliphatic rings. The van der Waals surface area contributed by atoms with Crippen LogP contribution in [-0.2, 0) is 0 Å². The van der Waals surface area contributed by atoms with E-state index in [1.165, 1.54) is 0 Å². The minimum atomic E-state index is -1.68. The number of hydrogen-bond donors (Lipinski definition) is 3. The molecule has 1 aromatic heterocycles. The monoisotopic (exact) mass is 352 g/mol. The second-order valence-corrected chi connectivity index (χ2v) is 6.24. The lowest BCUT2D eigenvalue weighted by atomic mass is 9.77. The summed E-state index contributed by atoms with van der Waals surface area (Å²) in [5.41, 5.74) is 1.91. The summed E-state index contributed by atoms with van der Waals surface area (Å²) in [5, 5.41) is 20.0. The second kappa shape index (κ2) is 7.72. The van der Waals surface area contributed by atoms with E-state index in [1.807, 2.05) is 26.0 Å². The van der Waals surface area contributed by atoms with E-state index in [-0.39, 0.29) is 11.0 Å². The minimum absolute atomic E-state index is 0.252. The van der Waals surface area contributed by atoms with Crippen molar-refractivity contribution >= 4 is 23.5 Å². The van der Waals surface area contributed by atoms with E-state index < -0.39 is 7.12 Å². The summed E-state index contributed by atoms with van der Waals surface area (Å²) in [4.78, 5) is 19.7. The fraction of sp³-hybridized carbons (Fsp3) is 0.263. The molecule has 134 valence electrons. The molecule has 0 radical (unpaired) electrons. The van der Waals surface area contributed by atoms with Crippen LogP contribution in [0.25, 0.3) is 22.3 Å². The van der Waals surface area contributed by atoms with E-state index >= 15 is 0 Å². The van der Waals surface area contributed by atoms with Gasteiger partial charge in [0.2, 0.25) is 0 Å². The largest absolute Gasteiger partial charge is 0.493 e. The van der Waals surface area contributed by atoms with Gasteiger partial charge in [-0.15, -0.1) is 0 Å². The summed E-state index contributed by atoms with van der Waals surface area (Å²) in [6.45, 7) is 4.32. The molecule has 26 heavy (non-hydrogen) atoms. The van der Waals surface area contributed by atoms with Crippen molar-refractivity contribution in [2.24, 2.45) is 0 Å². The molecule has 3 rings (SSSR count). The normalized spacial score (nSPS) is 10.9. The number of aromatic amines is 1. The molecule has 0 spiro atoms. The number of aryl methyl sites for hydroxylation is 1. The molecule has 0 atom stereocenters. The number of hydrogen-bond acceptors (Lipinski definition) is 5. The van der Waals surface area contributed by atoms with Gasteiger partial charge in [-0.2, -0.15) is 0 Å². The molecule has 0 aliphatic carbocycles. The number of H-pyrrole nitrogens is 1. The Labute approximate surface area is 151 Å². The zero-order valence-corrected chi connectivity index (χ0v) is 14.8. The van der Waals surface area contributed by atoms with E-state index in [1.54, 1.807) is 24.3 Å². The summed E-state index contributed by atoms with van der Waals surface area (Å²) in [7, 11) is -1.68. The molecule has 7 heteroatoms. The van der Waals surface area contributed by atoms with Crippen LogP contribution in [-0.4, -0.2) is 33.7 Å². The van der Waals surface area contributed by atoms with Gasteiger partial charge in [-0.1, -0.05) is 37.1 Å². The Morgan fingerprint density at radius 2 is 2.00 bits per heavy atom. The number of fused-ring (bicyclic) bond motifs is 1.